The van der Waals surface area contributed by atoms with Crippen LogP contribution in [0.2, 0.25) is 0 Å². The van der Waals surface area contributed by atoms with Crippen molar-refractivity contribution < 1.29 is 22.7 Å². The molecule has 3 aromatic rings. The number of amides is 1. The lowest BCUT2D eigenvalue weighted by molar-refractivity contribution is -0.154. The number of hydrogen-bond donors (Lipinski definition) is 0. The third kappa shape index (κ3) is 5.56. The average molecular weight is 486 g/mol. The number of ether oxygens (including phenoxy) is 1. The Morgan fingerprint density at radius 1 is 1.22 bits per heavy atom. The van der Waals surface area contributed by atoms with E-state index in [1.54, 1.807) is 28.8 Å². The lowest BCUT2D eigenvalue weighted by atomic mass is 10.3. The standard InChI is InChI=1S/C20H22F3N5O2S2/c1-25(2)17(29)11-26(12-20(21,22)23)13-27-19(31)28(14-7-4-5-8-15(14)30-3)18(24-27)16-9-6-10-32-16/h4-10H,11-13H2,1-3H3. The second-order valence-electron chi connectivity index (χ2n) is 7.12. The summed E-state index contributed by atoms with van der Waals surface area (Å²) in [6.45, 7) is -2.01. The normalized spacial score (nSPS) is 11.7. The van der Waals surface area contributed by atoms with Crippen molar-refractivity contribution in [3.8, 4) is 22.1 Å². The first kappa shape index (κ1) is 24.0. The first-order valence-electron chi connectivity index (χ1n) is 9.47. The minimum atomic E-state index is -4.49. The lowest BCUT2D eigenvalue weighted by Crippen LogP contribution is -2.42. The van der Waals surface area contributed by atoms with E-state index < -0.39 is 25.2 Å². The SMILES string of the molecule is COc1ccccc1-n1c(-c2cccs2)nn(CN(CC(=O)N(C)C)CC(F)(F)F)c1=S. The summed E-state index contributed by atoms with van der Waals surface area (Å²) in [6, 6.07) is 10.9. The minimum Gasteiger partial charge on any atom is -0.495 e. The largest absolute Gasteiger partial charge is 0.495 e. The summed E-state index contributed by atoms with van der Waals surface area (Å²) in [7, 11) is 4.51. The molecule has 32 heavy (non-hydrogen) atoms. The molecule has 0 aliphatic heterocycles. The van der Waals surface area contributed by atoms with Crippen molar-refractivity contribution in [1.82, 2.24) is 24.1 Å². The van der Waals surface area contributed by atoms with Crippen molar-refractivity contribution in [3.63, 3.8) is 0 Å². The first-order chi connectivity index (χ1) is 15.1. The van der Waals surface area contributed by atoms with E-state index in [2.05, 4.69) is 5.10 Å². The van der Waals surface area contributed by atoms with Crippen molar-refractivity contribution in [2.45, 2.75) is 12.8 Å². The molecule has 2 heterocycles. The van der Waals surface area contributed by atoms with E-state index in [1.807, 2.05) is 17.5 Å². The number of nitrogens with zero attached hydrogens (tertiary/aromatic N) is 5. The molecule has 0 unspecified atom stereocenters. The predicted octanol–water partition coefficient (Wildman–Crippen LogP) is 4.05. The Balaban J connectivity index is 2.08. The number of alkyl halides is 3. The van der Waals surface area contributed by atoms with E-state index in [0.717, 1.165) is 9.78 Å². The van der Waals surface area contributed by atoms with Crippen molar-refractivity contribution in [2.75, 3.05) is 34.3 Å². The van der Waals surface area contributed by atoms with E-state index in [-0.39, 0.29) is 11.4 Å². The summed E-state index contributed by atoms with van der Waals surface area (Å²) in [4.78, 5) is 15.1. The molecule has 0 fully saturated rings. The monoisotopic (exact) mass is 485 g/mol. The van der Waals surface area contributed by atoms with Gasteiger partial charge in [-0.1, -0.05) is 18.2 Å². The molecule has 3 rings (SSSR count). The fourth-order valence-corrected chi connectivity index (χ4v) is 4.01. The number of thiophene rings is 1. The number of carbonyl (C=O) groups excluding carboxylic acids is 1. The highest BCUT2D eigenvalue weighted by Gasteiger charge is 2.32. The van der Waals surface area contributed by atoms with Crippen LogP contribution in [0.25, 0.3) is 16.4 Å². The molecule has 0 atom stereocenters. The molecule has 0 aliphatic rings. The van der Waals surface area contributed by atoms with Gasteiger partial charge in [0.2, 0.25) is 10.7 Å². The van der Waals surface area contributed by atoms with E-state index in [1.165, 1.54) is 42.1 Å². The van der Waals surface area contributed by atoms with Gasteiger partial charge in [-0.15, -0.1) is 16.4 Å². The van der Waals surface area contributed by atoms with Gasteiger partial charge in [0.1, 0.15) is 5.75 Å². The highest BCUT2D eigenvalue weighted by molar-refractivity contribution is 7.71. The molecule has 1 aromatic carbocycles. The van der Waals surface area contributed by atoms with Gasteiger partial charge in [0.05, 0.1) is 37.4 Å². The smallest absolute Gasteiger partial charge is 0.401 e. The quantitative estimate of drug-likeness (QED) is 0.451. The van der Waals surface area contributed by atoms with Crippen molar-refractivity contribution >= 4 is 29.5 Å². The zero-order chi connectivity index (χ0) is 23.5. The third-order valence-electron chi connectivity index (χ3n) is 4.50. The predicted molar refractivity (Wildman–Crippen MR) is 119 cm³/mol. The summed E-state index contributed by atoms with van der Waals surface area (Å²) < 4.78 is 48.2. The molecule has 12 heteroatoms. The topological polar surface area (TPSA) is 55.5 Å². The van der Waals surface area contributed by atoms with Crippen LogP contribution in [0.4, 0.5) is 13.2 Å². The number of aromatic nitrogens is 3. The van der Waals surface area contributed by atoms with E-state index in [9.17, 15) is 18.0 Å². The van der Waals surface area contributed by atoms with Crippen molar-refractivity contribution in [1.29, 1.82) is 0 Å². The van der Waals surface area contributed by atoms with Gasteiger partial charge in [-0.2, -0.15) is 13.2 Å². The Hall–Kier alpha value is -2.70. The molecule has 7 nitrogen and oxygen atoms in total. The van der Waals surface area contributed by atoms with Crippen LogP contribution in [0.1, 0.15) is 0 Å². The molecule has 0 N–H and O–H groups in total. The third-order valence-corrected chi connectivity index (χ3v) is 5.76. The van der Waals surface area contributed by atoms with Gasteiger partial charge in [-0.3, -0.25) is 14.3 Å². The second-order valence-corrected chi connectivity index (χ2v) is 8.43. The molecular weight excluding hydrogens is 463 g/mol. The van der Waals surface area contributed by atoms with Crippen LogP contribution in [0.5, 0.6) is 5.75 Å². The van der Waals surface area contributed by atoms with Crippen molar-refractivity contribution in [2.24, 2.45) is 0 Å². The summed E-state index contributed by atoms with van der Waals surface area (Å²) >= 11 is 7.04. The van der Waals surface area contributed by atoms with Gasteiger partial charge in [0.15, 0.2) is 5.82 Å². The molecule has 0 bridgehead atoms. The van der Waals surface area contributed by atoms with Gasteiger partial charge in [0.25, 0.3) is 0 Å². The van der Waals surface area contributed by atoms with Gasteiger partial charge in [0, 0.05) is 14.1 Å². The molecule has 0 spiro atoms. The number of para-hydroxylation sites is 2. The van der Waals surface area contributed by atoms with E-state index in [4.69, 9.17) is 17.0 Å². The number of carbonyl (C=O) groups is 1. The summed E-state index contributed by atoms with van der Waals surface area (Å²) in [5, 5.41) is 6.39. The number of rotatable bonds is 8. The lowest BCUT2D eigenvalue weighted by Gasteiger charge is -2.24. The van der Waals surface area contributed by atoms with Crippen LogP contribution in [0, 0.1) is 4.77 Å². The molecule has 2 aromatic heterocycles. The number of likely N-dealkylation sites (N-methyl/N-ethyl adjacent to an activating group) is 1. The molecule has 1 amide bonds. The first-order valence-corrected chi connectivity index (χ1v) is 10.8. The van der Waals surface area contributed by atoms with Crippen LogP contribution in [0.15, 0.2) is 41.8 Å². The number of methoxy groups -OCH3 is 1. The van der Waals surface area contributed by atoms with Gasteiger partial charge < -0.3 is 9.64 Å². The van der Waals surface area contributed by atoms with E-state index in [0.29, 0.717) is 17.3 Å². The van der Waals surface area contributed by atoms with Gasteiger partial charge in [-0.05, 0) is 35.8 Å². The van der Waals surface area contributed by atoms with Crippen LogP contribution < -0.4 is 4.74 Å². The highest BCUT2D eigenvalue weighted by Crippen LogP contribution is 2.31. The molecule has 172 valence electrons. The Kier molecular flexibility index (Phi) is 7.36. The van der Waals surface area contributed by atoms with Crippen LogP contribution in [0.3, 0.4) is 0 Å². The fourth-order valence-electron chi connectivity index (χ4n) is 3.03. The summed E-state index contributed by atoms with van der Waals surface area (Å²) in [5.74, 6) is 0.555. The van der Waals surface area contributed by atoms with Crippen molar-refractivity contribution in [3.05, 3.63) is 46.5 Å². The minimum absolute atomic E-state index is 0.183. The Labute approximate surface area is 192 Å². The Morgan fingerprint density at radius 3 is 2.53 bits per heavy atom. The number of halogens is 3. The van der Waals surface area contributed by atoms with Gasteiger partial charge >= 0.3 is 6.18 Å². The Morgan fingerprint density at radius 2 is 1.94 bits per heavy atom. The second kappa shape index (κ2) is 9.84. The molecule has 0 radical (unpaired) electrons. The molecule has 0 saturated carbocycles. The maximum atomic E-state index is 13.2. The molecule has 0 aliphatic carbocycles. The number of benzene rings is 1. The zero-order valence-electron chi connectivity index (χ0n) is 17.7. The summed E-state index contributed by atoms with van der Waals surface area (Å²) in [5.41, 5.74) is 0.612. The number of hydrogen-bond acceptors (Lipinski definition) is 6. The van der Waals surface area contributed by atoms with Gasteiger partial charge in [-0.25, -0.2) is 4.68 Å². The summed E-state index contributed by atoms with van der Waals surface area (Å²) in [6.07, 6.45) is -4.49. The zero-order valence-corrected chi connectivity index (χ0v) is 19.3. The maximum absolute atomic E-state index is 13.2. The average Bonchev–Trinajstić information content (AvgIpc) is 3.35. The maximum Gasteiger partial charge on any atom is 0.401 e. The Bertz CT molecular complexity index is 1120. The fraction of sp³-hybridized carbons (Fsp3) is 0.350. The highest BCUT2D eigenvalue weighted by atomic mass is 32.1. The van der Waals surface area contributed by atoms with Crippen LogP contribution in [-0.4, -0.2) is 70.5 Å². The van der Waals surface area contributed by atoms with E-state index >= 15 is 0 Å². The van der Waals surface area contributed by atoms with Crippen LogP contribution in [-0.2, 0) is 11.5 Å². The van der Waals surface area contributed by atoms with Crippen LogP contribution >= 0.6 is 23.6 Å². The molecular formula is C20H22F3N5O2S2. The molecule has 0 saturated heterocycles.